The second-order valence-electron chi connectivity index (χ2n) is 6.69. The maximum absolute atomic E-state index is 4.45. The number of nitrogens with zero attached hydrogens (tertiary/aromatic N) is 5. The van der Waals surface area contributed by atoms with Crippen molar-refractivity contribution in [2.24, 2.45) is 4.99 Å². The number of aryl methyl sites for hydroxylation is 1. The minimum Gasteiger partial charge on any atom is -0.356 e. The number of guanidine groups is 1. The highest BCUT2D eigenvalue weighted by Crippen LogP contribution is 2.33. The van der Waals surface area contributed by atoms with E-state index in [1.54, 1.807) is 25.0 Å². The lowest BCUT2D eigenvalue weighted by Crippen LogP contribution is -2.37. The molecule has 0 atom stereocenters. The van der Waals surface area contributed by atoms with Crippen molar-refractivity contribution in [3.8, 4) is 0 Å². The summed E-state index contributed by atoms with van der Waals surface area (Å²) in [7, 11) is 1.79. The van der Waals surface area contributed by atoms with Crippen molar-refractivity contribution < 1.29 is 0 Å². The molecule has 1 saturated carbocycles. The number of rotatable bonds is 8. The first-order valence-corrected chi connectivity index (χ1v) is 10.9. The molecule has 0 aromatic carbocycles. The summed E-state index contributed by atoms with van der Waals surface area (Å²) in [5, 5.41) is 16.6. The zero-order chi connectivity index (χ0) is 18.9. The van der Waals surface area contributed by atoms with Gasteiger partial charge in [-0.05, 0) is 37.7 Å². The Morgan fingerprint density at radius 3 is 2.75 bits per heavy atom. The summed E-state index contributed by atoms with van der Waals surface area (Å²) >= 11 is 1.69. The fourth-order valence-electron chi connectivity index (χ4n) is 3.50. The van der Waals surface area contributed by atoms with E-state index in [2.05, 4.69) is 41.6 Å². The van der Waals surface area contributed by atoms with Crippen molar-refractivity contribution in [1.29, 1.82) is 0 Å². The van der Waals surface area contributed by atoms with Crippen LogP contribution in [0.2, 0.25) is 0 Å². The molecule has 2 N–H and O–H groups in total. The Morgan fingerprint density at radius 2 is 2.07 bits per heavy atom. The van der Waals surface area contributed by atoms with Gasteiger partial charge in [-0.2, -0.15) is 0 Å². The Morgan fingerprint density at radius 1 is 1.25 bits per heavy atom. The lowest BCUT2D eigenvalue weighted by Gasteiger charge is -2.16. The minimum atomic E-state index is 0. The molecule has 0 radical (unpaired) electrons. The number of thioether (sulfide) groups is 1. The molecule has 0 unspecified atom stereocenters. The summed E-state index contributed by atoms with van der Waals surface area (Å²) in [5.41, 5.74) is 0.995. The normalized spacial score (nSPS) is 14.7. The van der Waals surface area contributed by atoms with E-state index in [1.807, 2.05) is 18.2 Å². The first kappa shape index (κ1) is 22.9. The number of hydrogen-bond acceptors (Lipinski definition) is 5. The first-order chi connectivity index (χ1) is 13.3. The van der Waals surface area contributed by atoms with Crippen LogP contribution in [0.25, 0.3) is 0 Å². The third-order valence-corrected chi connectivity index (χ3v) is 5.51. The third kappa shape index (κ3) is 6.33. The van der Waals surface area contributed by atoms with Gasteiger partial charge in [0.2, 0.25) is 0 Å². The first-order valence-electron chi connectivity index (χ1n) is 9.64. The van der Waals surface area contributed by atoms with Gasteiger partial charge in [0.05, 0.1) is 12.2 Å². The van der Waals surface area contributed by atoms with Crippen LogP contribution in [0.1, 0.15) is 49.7 Å². The average molecular weight is 515 g/mol. The molecule has 0 aliphatic heterocycles. The lowest BCUT2D eigenvalue weighted by atomic mass is 10.2. The highest BCUT2D eigenvalue weighted by atomic mass is 127. The van der Waals surface area contributed by atoms with Crippen LogP contribution in [0.4, 0.5) is 0 Å². The van der Waals surface area contributed by atoms with Crippen molar-refractivity contribution >= 4 is 41.7 Å². The molecule has 154 valence electrons. The number of pyridine rings is 1. The molecule has 0 spiro atoms. The van der Waals surface area contributed by atoms with Crippen LogP contribution in [0, 0.1) is 0 Å². The number of aromatic nitrogens is 4. The van der Waals surface area contributed by atoms with Gasteiger partial charge in [0.15, 0.2) is 11.1 Å². The highest BCUT2D eigenvalue weighted by molar-refractivity contribution is 14.0. The van der Waals surface area contributed by atoms with E-state index in [9.17, 15) is 0 Å². The van der Waals surface area contributed by atoms with Crippen LogP contribution in [-0.4, -0.2) is 45.6 Å². The smallest absolute Gasteiger partial charge is 0.191 e. The molecule has 2 aromatic rings. The molecule has 1 aliphatic carbocycles. The molecule has 0 amide bonds. The number of aliphatic imine (C=N–C) groups is 1. The second kappa shape index (κ2) is 12.3. The van der Waals surface area contributed by atoms with Gasteiger partial charge in [-0.15, -0.1) is 34.2 Å². The summed E-state index contributed by atoms with van der Waals surface area (Å²) < 4.78 is 2.38. The maximum atomic E-state index is 4.45. The van der Waals surface area contributed by atoms with Gasteiger partial charge < -0.3 is 15.2 Å². The van der Waals surface area contributed by atoms with Crippen LogP contribution < -0.4 is 10.6 Å². The Labute approximate surface area is 188 Å². The molecule has 2 heterocycles. The minimum absolute atomic E-state index is 0. The Kier molecular flexibility index (Phi) is 10.0. The molecule has 28 heavy (non-hydrogen) atoms. The number of nitrogens with one attached hydrogen (secondary N) is 2. The molecule has 0 saturated heterocycles. The SMILES string of the molecule is CN=C(NCCCc1nnc(SC)n1C1CCCC1)NCc1ccccn1.I. The quantitative estimate of drug-likeness (QED) is 0.185. The van der Waals surface area contributed by atoms with E-state index in [-0.39, 0.29) is 24.0 Å². The van der Waals surface area contributed by atoms with Crippen LogP contribution in [0.5, 0.6) is 0 Å². The van der Waals surface area contributed by atoms with Gasteiger partial charge in [0.25, 0.3) is 0 Å². The predicted molar refractivity (Wildman–Crippen MR) is 125 cm³/mol. The maximum Gasteiger partial charge on any atom is 0.191 e. The Bertz CT molecular complexity index is 729. The predicted octanol–water partition coefficient (Wildman–Crippen LogP) is 3.43. The largest absolute Gasteiger partial charge is 0.356 e. The average Bonchev–Trinajstić information content (AvgIpc) is 3.37. The van der Waals surface area contributed by atoms with Gasteiger partial charge in [-0.25, -0.2) is 0 Å². The molecule has 0 bridgehead atoms. The van der Waals surface area contributed by atoms with Gasteiger partial charge >= 0.3 is 0 Å². The van der Waals surface area contributed by atoms with Crippen LogP contribution in [0.3, 0.4) is 0 Å². The van der Waals surface area contributed by atoms with Crippen LogP contribution in [-0.2, 0) is 13.0 Å². The number of hydrogen-bond donors (Lipinski definition) is 2. The molecule has 1 fully saturated rings. The monoisotopic (exact) mass is 515 g/mol. The van der Waals surface area contributed by atoms with E-state index in [4.69, 9.17) is 0 Å². The van der Waals surface area contributed by atoms with Crippen molar-refractivity contribution in [3.05, 3.63) is 35.9 Å². The van der Waals surface area contributed by atoms with Crippen LogP contribution in [0.15, 0.2) is 34.5 Å². The third-order valence-electron chi connectivity index (χ3n) is 4.86. The molecule has 7 nitrogen and oxygen atoms in total. The lowest BCUT2D eigenvalue weighted by molar-refractivity contribution is 0.460. The van der Waals surface area contributed by atoms with Gasteiger partial charge in [-0.3, -0.25) is 9.98 Å². The summed E-state index contributed by atoms with van der Waals surface area (Å²) in [4.78, 5) is 8.59. The van der Waals surface area contributed by atoms with E-state index < -0.39 is 0 Å². The number of halogens is 1. The summed E-state index contributed by atoms with van der Waals surface area (Å²) in [6, 6.07) is 6.49. The zero-order valence-corrected chi connectivity index (χ0v) is 19.7. The van der Waals surface area contributed by atoms with E-state index in [0.717, 1.165) is 42.0 Å². The fourth-order valence-corrected chi connectivity index (χ4v) is 4.07. The molecule has 2 aromatic heterocycles. The van der Waals surface area contributed by atoms with Gasteiger partial charge in [-0.1, -0.05) is 30.7 Å². The molecule has 9 heteroatoms. The summed E-state index contributed by atoms with van der Waals surface area (Å²) in [6.07, 6.45) is 10.9. The summed E-state index contributed by atoms with van der Waals surface area (Å²) in [5.74, 6) is 1.91. The molecule has 3 rings (SSSR count). The summed E-state index contributed by atoms with van der Waals surface area (Å²) in [6.45, 7) is 1.50. The second-order valence-corrected chi connectivity index (χ2v) is 7.46. The van der Waals surface area contributed by atoms with Crippen molar-refractivity contribution in [2.45, 2.75) is 56.3 Å². The Hall–Kier alpha value is -1.36. The Balaban J connectivity index is 0.00000280. The highest BCUT2D eigenvalue weighted by Gasteiger charge is 2.23. The van der Waals surface area contributed by atoms with Crippen LogP contribution >= 0.6 is 35.7 Å². The van der Waals surface area contributed by atoms with Gasteiger partial charge in [0.1, 0.15) is 5.82 Å². The van der Waals surface area contributed by atoms with E-state index >= 15 is 0 Å². The molecule has 1 aliphatic rings. The fraction of sp³-hybridized carbons (Fsp3) is 0.579. The van der Waals surface area contributed by atoms with Crippen molar-refractivity contribution in [1.82, 2.24) is 30.4 Å². The molecular weight excluding hydrogens is 485 g/mol. The standard InChI is InChI=1S/C19H29N7S.HI/c1-20-18(23-14-15-8-5-6-12-21-15)22-13-7-11-17-24-25-19(27-2)26(17)16-9-3-4-10-16;/h5-6,8,12,16H,3-4,7,9-11,13-14H2,1-2H3,(H2,20,22,23);1H. The molecular formula is C19H30IN7S. The zero-order valence-electron chi connectivity index (χ0n) is 16.6. The topological polar surface area (TPSA) is 80.0 Å². The van der Waals surface area contributed by atoms with Crippen molar-refractivity contribution in [3.63, 3.8) is 0 Å². The van der Waals surface area contributed by atoms with Crippen molar-refractivity contribution in [2.75, 3.05) is 19.8 Å². The van der Waals surface area contributed by atoms with E-state index in [0.29, 0.717) is 12.6 Å². The van der Waals surface area contributed by atoms with E-state index in [1.165, 1.54) is 25.7 Å². The van der Waals surface area contributed by atoms with Gasteiger partial charge in [0, 0.05) is 32.3 Å².